The van der Waals surface area contributed by atoms with Crippen molar-refractivity contribution >= 4 is 11.8 Å². The van der Waals surface area contributed by atoms with Crippen LogP contribution in [0.3, 0.4) is 0 Å². The molecule has 1 heterocycles. The van der Waals surface area contributed by atoms with E-state index in [9.17, 15) is 0 Å². The molecule has 1 spiro atoms. The topological polar surface area (TPSA) is 0 Å². The van der Waals surface area contributed by atoms with Gasteiger partial charge in [0.05, 0.1) is 0 Å². The summed E-state index contributed by atoms with van der Waals surface area (Å²) in [6, 6.07) is 0. The van der Waals surface area contributed by atoms with Crippen molar-refractivity contribution in [2.24, 2.45) is 22.7 Å². The van der Waals surface area contributed by atoms with Gasteiger partial charge in [-0.05, 0) is 67.6 Å². The van der Waals surface area contributed by atoms with Crippen LogP contribution in [-0.4, -0.2) is 9.49 Å². The van der Waals surface area contributed by atoms with E-state index in [1.54, 1.807) is 0 Å². The van der Waals surface area contributed by atoms with Crippen molar-refractivity contribution < 1.29 is 0 Å². The molecule has 0 aromatic rings. The molecule has 0 radical (unpaired) electrons. The van der Waals surface area contributed by atoms with Crippen molar-refractivity contribution in [1.29, 1.82) is 0 Å². The largest absolute Gasteiger partial charge is 0.148 e. The average molecular weight is 309 g/mol. The van der Waals surface area contributed by atoms with Crippen molar-refractivity contribution in [2.45, 2.75) is 102 Å². The molecule has 0 aromatic heterocycles. The average Bonchev–Trinajstić information content (AvgIpc) is 2.76. The third-order valence-electron chi connectivity index (χ3n) is 8.08. The molecule has 0 unspecified atom stereocenters. The second-order valence-electron chi connectivity index (χ2n) is 9.59. The van der Waals surface area contributed by atoms with E-state index >= 15 is 0 Å². The van der Waals surface area contributed by atoms with E-state index in [-0.39, 0.29) is 0 Å². The smallest absolute Gasteiger partial charge is 0.0248 e. The molecular formula is C20H36S. The van der Waals surface area contributed by atoms with Gasteiger partial charge in [-0.25, -0.2) is 0 Å². The van der Waals surface area contributed by atoms with Gasteiger partial charge in [-0.3, -0.25) is 0 Å². The fraction of sp³-hybridized carbons (Fsp3) is 1.00. The summed E-state index contributed by atoms with van der Waals surface area (Å²) in [6.07, 6.45) is 11.6. The van der Waals surface area contributed by atoms with E-state index < -0.39 is 0 Å². The second kappa shape index (κ2) is 4.92. The third kappa shape index (κ3) is 2.16. The second-order valence-corrected chi connectivity index (χ2v) is 11.5. The molecule has 122 valence electrons. The Bertz CT molecular complexity index is 414. The van der Waals surface area contributed by atoms with Crippen molar-refractivity contribution in [3.8, 4) is 0 Å². The minimum Gasteiger partial charge on any atom is -0.148 e. The van der Waals surface area contributed by atoms with Crippen LogP contribution in [-0.2, 0) is 0 Å². The molecule has 0 bridgehead atoms. The summed E-state index contributed by atoms with van der Waals surface area (Å²) in [5.74, 6) is 1.85. The Morgan fingerprint density at radius 3 is 2.29 bits per heavy atom. The SMILES string of the molecule is CC[C@@]1(C)CC[C@@]2(S1)[C@@H](C)CC[C@H]1C(C)(C)CCC[C@@]12C. The highest BCUT2D eigenvalue weighted by Crippen LogP contribution is 2.72. The molecule has 0 N–H and O–H groups in total. The first kappa shape index (κ1) is 16.2. The lowest BCUT2D eigenvalue weighted by Gasteiger charge is -2.64. The number of fused-ring (bicyclic) bond motifs is 2. The summed E-state index contributed by atoms with van der Waals surface area (Å²) in [7, 11) is 0. The van der Waals surface area contributed by atoms with Gasteiger partial charge in [-0.1, -0.05) is 48.0 Å². The van der Waals surface area contributed by atoms with E-state index in [2.05, 4.69) is 53.3 Å². The molecule has 0 nitrogen and oxygen atoms in total. The van der Waals surface area contributed by atoms with Crippen molar-refractivity contribution in [1.82, 2.24) is 0 Å². The van der Waals surface area contributed by atoms with Gasteiger partial charge in [0.15, 0.2) is 0 Å². The highest BCUT2D eigenvalue weighted by Gasteiger charge is 2.65. The van der Waals surface area contributed by atoms with Crippen LogP contribution in [0.2, 0.25) is 0 Å². The fourth-order valence-corrected chi connectivity index (χ4v) is 8.77. The minimum atomic E-state index is 0.542. The molecule has 3 rings (SSSR count). The van der Waals surface area contributed by atoms with Gasteiger partial charge in [0.1, 0.15) is 0 Å². The first-order valence-electron chi connectivity index (χ1n) is 9.39. The molecule has 2 aliphatic carbocycles. The molecule has 3 aliphatic rings. The van der Waals surface area contributed by atoms with Crippen molar-refractivity contribution in [2.75, 3.05) is 0 Å². The molecule has 21 heavy (non-hydrogen) atoms. The highest BCUT2D eigenvalue weighted by atomic mass is 32.2. The van der Waals surface area contributed by atoms with Crippen LogP contribution in [0.15, 0.2) is 0 Å². The first-order valence-corrected chi connectivity index (χ1v) is 10.2. The quantitative estimate of drug-likeness (QED) is 0.520. The number of thioether (sulfide) groups is 1. The van der Waals surface area contributed by atoms with Crippen LogP contribution in [0.1, 0.15) is 92.9 Å². The van der Waals surface area contributed by atoms with Crippen LogP contribution < -0.4 is 0 Å². The standard InChI is InChI=1S/C20H36S/c1-7-18(5)13-14-20(21-18)15(2)9-10-16-17(3,4)11-8-12-19(16,20)6/h15-16H,7-14H2,1-6H3/t15-,16-,18-,19-,20+/m0/s1. The molecular weight excluding hydrogens is 272 g/mol. The van der Waals surface area contributed by atoms with Gasteiger partial charge >= 0.3 is 0 Å². The van der Waals surface area contributed by atoms with Crippen LogP contribution >= 0.6 is 11.8 Å². The summed E-state index contributed by atoms with van der Waals surface area (Å²) >= 11 is 2.43. The van der Waals surface area contributed by atoms with Crippen LogP contribution in [0.4, 0.5) is 0 Å². The Hall–Kier alpha value is 0.350. The molecule has 0 amide bonds. The zero-order valence-corrected chi connectivity index (χ0v) is 16.0. The summed E-state index contributed by atoms with van der Waals surface area (Å²) < 4.78 is 1.11. The molecule has 1 heteroatoms. The minimum absolute atomic E-state index is 0.542. The van der Waals surface area contributed by atoms with Gasteiger partial charge in [0, 0.05) is 9.49 Å². The lowest BCUT2D eigenvalue weighted by molar-refractivity contribution is -0.0766. The Labute approximate surface area is 137 Å². The summed E-state index contributed by atoms with van der Waals surface area (Å²) in [5.41, 5.74) is 1.13. The van der Waals surface area contributed by atoms with E-state index in [0.29, 0.717) is 20.3 Å². The Morgan fingerprint density at radius 2 is 1.67 bits per heavy atom. The van der Waals surface area contributed by atoms with E-state index in [4.69, 9.17) is 0 Å². The summed E-state index contributed by atoms with van der Waals surface area (Å²) in [4.78, 5) is 0. The maximum Gasteiger partial charge on any atom is 0.0248 e. The van der Waals surface area contributed by atoms with Crippen molar-refractivity contribution in [3.63, 3.8) is 0 Å². The highest BCUT2D eigenvalue weighted by molar-refractivity contribution is 8.02. The molecule has 0 aromatic carbocycles. The molecule has 5 atom stereocenters. The number of rotatable bonds is 1. The predicted molar refractivity (Wildman–Crippen MR) is 95.9 cm³/mol. The van der Waals surface area contributed by atoms with Gasteiger partial charge < -0.3 is 0 Å². The van der Waals surface area contributed by atoms with Gasteiger partial charge in [-0.2, -0.15) is 0 Å². The van der Waals surface area contributed by atoms with Gasteiger partial charge in [0.2, 0.25) is 0 Å². The van der Waals surface area contributed by atoms with E-state index in [0.717, 1.165) is 11.8 Å². The molecule has 2 saturated carbocycles. The third-order valence-corrected chi connectivity index (χ3v) is 10.5. The normalized spacial score (nSPS) is 52.9. The molecule has 1 saturated heterocycles. The van der Waals surface area contributed by atoms with Gasteiger partial charge in [-0.15, -0.1) is 11.8 Å². The first-order chi connectivity index (χ1) is 9.69. The van der Waals surface area contributed by atoms with Crippen LogP contribution in [0.5, 0.6) is 0 Å². The fourth-order valence-electron chi connectivity index (χ4n) is 6.54. The lowest BCUT2D eigenvalue weighted by atomic mass is 9.45. The van der Waals surface area contributed by atoms with Gasteiger partial charge in [0.25, 0.3) is 0 Å². The Kier molecular flexibility index (Phi) is 3.80. The van der Waals surface area contributed by atoms with Crippen molar-refractivity contribution in [3.05, 3.63) is 0 Å². The molecule has 3 fully saturated rings. The lowest BCUT2D eigenvalue weighted by Crippen LogP contribution is -2.59. The van der Waals surface area contributed by atoms with E-state index in [1.807, 2.05) is 0 Å². The Morgan fingerprint density at radius 1 is 0.952 bits per heavy atom. The maximum atomic E-state index is 2.70. The van der Waals surface area contributed by atoms with E-state index in [1.165, 1.54) is 51.4 Å². The van der Waals surface area contributed by atoms with Crippen LogP contribution in [0.25, 0.3) is 0 Å². The number of hydrogen-bond acceptors (Lipinski definition) is 1. The summed E-state index contributed by atoms with van der Waals surface area (Å²) in [6.45, 7) is 15.4. The number of hydrogen-bond donors (Lipinski definition) is 0. The Balaban J connectivity index is 2.02. The zero-order valence-electron chi connectivity index (χ0n) is 15.2. The monoisotopic (exact) mass is 308 g/mol. The van der Waals surface area contributed by atoms with Crippen LogP contribution in [0, 0.1) is 22.7 Å². The summed E-state index contributed by atoms with van der Waals surface area (Å²) in [5, 5.41) is 0. The molecule has 1 aliphatic heterocycles. The maximum absolute atomic E-state index is 2.70. The predicted octanol–water partition coefficient (Wildman–Crippen LogP) is 6.68. The zero-order chi connectivity index (χ0) is 15.5.